The van der Waals surface area contributed by atoms with Crippen LogP contribution >= 0.6 is 0 Å². The third kappa shape index (κ3) is 3.98. The van der Waals surface area contributed by atoms with Crippen LogP contribution in [0.15, 0.2) is 36.4 Å². The van der Waals surface area contributed by atoms with Crippen LogP contribution in [0.25, 0.3) is 0 Å². The fourth-order valence-electron chi connectivity index (χ4n) is 2.15. The van der Waals surface area contributed by atoms with Gasteiger partial charge in [-0.3, -0.25) is 4.79 Å². The molecule has 0 radical (unpaired) electrons. The number of likely N-dealkylation sites (N-methyl/N-ethyl adjacent to an activating group) is 1. The van der Waals surface area contributed by atoms with Crippen LogP contribution in [0.5, 0.6) is 5.75 Å². The fourth-order valence-corrected chi connectivity index (χ4v) is 2.15. The number of anilines is 1. The quantitative estimate of drug-likeness (QED) is 0.823. The minimum atomic E-state index is -1.57. The molecule has 2 aromatic rings. The van der Waals surface area contributed by atoms with Crippen LogP contribution in [0.2, 0.25) is 0 Å². The number of hydrogen-bond acceptors (Lipinski definition) is 3. The summed E-state index contributed by atoms with van der Waals surface area (Å²) in [5.74, 6) is -3.90. The summed E-state index contributed by atoms with van der Waals surface area (Å²) in [6.07, 6.45) is 0. The van der Waals surface area contributed by atoms with Gasteiger partial charge in [0.15, 0.2) is 17.5 Å². The maximum absolute atomic E-state index is 13.5. The van der Waals surface area contributed by atoms with Gasteiger partial charge in [0.1, 0.15) is 5.75 Å². The van der Waals surface area contributed by atoms with Crippen molar-refractivity contribution in [2.24, 2.45) is 0 Å². The van der Waals surface area contributed by atoms with Crippen molar-refractivity contribution in [3.63, 3.8) is 0 Å². The lowest BCUT2D eigenvalue weighted by Crippen LogP contribution is -2.32. The molecule has 128 valence electrons. The first-order chi connectivity index (χ1) is 11.4. The molecule has 0 unspecified atom stereocenters. The average molecular weight is 338 g/mol. The number of methoxy groups -OCH3 is 1. The van der Waals surface area contributed by atoms with Gasteiger partial charge in [0.05, 0.1) is 19.3 Å². The smallest absolute Gasteiger partial charge is 0.241 e. The Morgan fingerprint density at radius 3 is 2.54 bits per heavy atom. The summed E-state index contributed by atoms with van der Waals surface area (Å²) in [6, 6.07) is 9.08. The molecule has 2 aromatic carbocycles. The van der Waals surface area contributed by atoms with E-state index in [0.29, 0.717) is 12.3 Å². The molecule has 0 aliphatic carbocycles. The van der Waals surface area contributed by atoms with Crippen LogP contribution in [0.4, 0.5) is 18.9 Å². The summed E-state index contributed by atoms with van der Waals surface area (Å²) in [5.41, 5.74) is 0.544. The summed E-state index contributed by atoms with van der Waals surface area (Å²) in [4.78, 5) is 13.5. The van der Waals surface area contributed by atoms with Gasteiger partial charge in [-0.2, -0.15) is 0 Å². The summed E-state index contributed by atoms with van der Waals surface area (Å²) in [5, 5.41) is 2.47. The van der Waals surface area contributed by atoms with Gasteiger partial charge in [-0.25, -0.2) is 13.2 Å². The number of ether oxygens (including phenoxy) is 1. The van der Waals surface area contributed by atoms with Crippen molar-refractivity contribution in [3.05, 3.63) is 59.4 Å². The third-order valence-corrected chi connectivity index (χ3v) is 3.49. The fraction of sp³-hybridized carbons (Fsp3) is 0.235. The summed E-state index contributed by atoms with van der Waals surface area (Å²) in [6.45, 7) is 0.0401. The number of nitrogens with zero attached hydrogens (tertiary/aromatic N) is 1. The van der Waals surface area contributed by atoms with E-state index in [0.717, 1.165) is 17.7 Å². The highest BCUT2D eigenvalue weighted by atomic mass is 19.2. The molecule has 0 aromatic heterocycles. The normalized spacial score (nSPS) is 10.4. The van der Waals surface area contributed by atoms with E-state index in [4.69, 9.17) is 4.74 Å². The lowest BCUT2D eigenvalue weighted by Gasteiger charge is -2.19. The Morgan fingerprint density at radius 2 is 1.83 bits per heavy atom. The SMILES string of the molecule is COc1ccccc1CN(C)C(=O)CNc1ccc(F)c(F)c1F. The van der Waals surface area contributed by atoms with Crippen LogP contribution in [0.3, 0.4) is 0 Å². The van der Waals surface area contributed by atoms with Crippen molar-refractivity contribution in [2.75, 3.05) is 26.0 Å². The molecule has 0 saturated carbocycles. The second kappa shape index (κ2) is 7.72. The number of carbonyl (C=O) groups is 1. The molecule has 0 saturated heterocycles. The molecule has 0 aliphatic heterocycles. The van der Waals surface area contributed by atoms with Crippen molar-refractivity contribution in [3.8, 4) is 5.75 Å². The first kappa shape index (κ1) is 17.7. The summed E-state index contributed by atoms with van der Waals surface area (Å²) < 4.78 is 44.8. The molecule has 1 amide bonds. The topological polar surface area (TPSA) is 41.6 Å². The van der Waals surface area contributed by atoms with Crippen LogP contribution < -0.4 is 10.1 Å². The predicted molar refractivity (Wildman–Crippen MR) is 84.3 cm³/mol. The molecule has 0 heterocycles. The molecule has 24 heavy (non-hydrogen) atoms. The number of rotatable bonds is 6. The number of carbonyl (C=O) groups excluding carboxylic acids is 1. The molecule has 0 bridgehead atoms. The van der Waals surface area contributed by atoms with Gasteiger partial charge >= 0.3 is 0 Å². The predicted octanol–water partition coefficient (Wildman–Crippen LogP) is 3.18. The van der Waals surface area contributed by atoms with Gasteiger partial charge in [-0.1, -0.05) is 18.2 Å². The maximum atomic E-state index is 13.5. The van der Waals surface area contributed by atoms with Crippen LogP contribution in [0.1, 0.15) is 5.56 Å². The maximum Gasteiger partial charge on any atom is 0.241 e. The van der Waals surface area contributed by atoms with Gasteiger partial charge in [-0.15, -0.1) is 0 Å². The standard InChI is InChI=1S/C17H17F3N2O2/c1-22(10-11-5-3-4-6-14(11)24-2)15(23)9-21-13-8-7-12(18)16(19)17(13)20/h3-8,21H,9-10H2,1-2H3. The van der Waals surface area contributed by atoms with Crippen molar-refractivity contribution in [2.45, 2.75) is 6.54 Å². The molecule has 1 N–H and O–H groups in total. The van der Waals surface area contributed by atoms with Crippen LogP contribution in [-0.4, -0.2) is 31.5 Å². The Labute approximate surface area is 137 Å². The summed E-state index contributed by atoms with van der Waals surface area (Å²) >= 11 is 0. The van der Waals surface area contributed by atoms with E-state index < -0.39 is 17.5 Å². The van der Waals surface area contributed by atoms with Crippen LogP contribution in [0, 0.1) is 17.5 Å². The Balaban J connectivity index is 1.98. The third-order valence-electron chi connectivity index (χ3n) is 3.49. The van der Waals surface area contributed by atoms with E-state index in [1.807, 2.05) is 18.2 Å². The van der Waals surface area contributed by atoms with Crippen molar-refractivity contribution >= 4 is 11.6 Å². The van der Waals surface area contributed by atoms with E-state index in [2.05, 4.69) is 5.32 Å². The minimum Gasteiger partial charge on any atom is -0.496 e. The molecule has 0 fully saturated rings. The number of para-hydroxylation sites is 1. The first-order valence-corrected chi connectivity index (χ1v) is 7.17. The second-order valence-corrected chi connectivity index (χ2v) is 5.14. The molecular formula is C17H17F3N2O2. The first-order valence-electron chi connectivity index (χ1n) is 7.17. The average Bonchev–Trinajstić information content (AvgIpc) is 2.59. The van der Waals surface area contributed by atoms with Gasteiger partial charge < -0.3 is 15.0 Å². The zero-order valence-corrected chi connectivity index (χ0v) is 13.3. The molecule has 0 atom stereocenters. The number of amides is 1. The Kier molecular flexibility index (Phi) is 5.68. The van der Waals surface area contributed by atoms with Gasteiger partial charge in [0, 0.05) is 19.2 Å². The van der Waals surface area contributed by atoms with Gasteiger partial charge in [0.2, 0.25) is 5.91 Å². The highest BCUT2D eigenvalue weighted by Crippen LogP contribution is 2.20. The van der Waals surface area contributed by atoms with Crippen molar-refractivity contribution in [1.82, 2.24) is 4.90 Å². The Morgan fingerprint density at radius 1 is 1.12 bits per heavy atom. The van der Waals surface area contributed by atoms with E-state index in [1.54, 1.807) is 13.1 Å². The highest BCUT2D eigenvalue weighted by Gasteiger charge is 2.16. The Hall–Kier alpha value is -2.70. The Bertz CT molecular complexity index is 738. The zero-order chi connectivity index (χ0) is 17.7. The molecule has 7 heteroatoms. The van der Waals surface area contributed by atoms with Crippen LogP contribution in [-0.2, 0) is 11.3 Å². The molecule has 0 spiro atoms. The number of benzene rings is 2. The van der Waals surface area contributed by atoms with Gasteiger partial charge in [0.25, 0.3) is 0 Å². The van der Waals surface area contributed by atoms with Crippen molar-refractivity contribution < 1.29 is 22.7 Å². The van der Waals surface area contributed by atoms with E-state index in [-0.39, 0.29) is 18.1 Å². The van der Waals surface area contributed by atoms with E-state index in [9.17, 15) is 18.0 Å². The monoisotopic (exact) mass is 338 g/mol. The van der Waals surface area contributed by atoms with E-state index in [1.165, 1.54) is 12.0 Å². The molecular weight excluding hydrogens is 321 g/mol. The minimum absolute atomic E-state index is 0.256. The highest BCUT2D eigenvalue weighted by molar-refractivity contribution is 5.80. The van der Waals surface area contributed by atoms with E-state index >= 15 is 0 Å². The zero-order valence-electron chi connectivity index (χ0n) is 13.3. The molecule has 4 nitrogen and oxygen atoms in total. The number of nitrogens with one attached hydrogen (secondary N) is 1. The van der Waals surface area contributed by atoms with Crippen molar-refractivity contribution in [1.29, 1.82) is 0 Å². The lowest BCUT2D eigenvalue weighted by atomic mass is 10.2. The molecule has 0 aliphatic rings. The largest absolute Gasteiger partial charge is 0.496 e. The lowest BCUT2D eigenvalue weighted by molar-refractivity contribution is -0.128. The second-order valence-electron chi connectivity index (χ2n) is 5.14. The summed E-state index contributed by atoms with van der Waals surface area (Å²) in [7, 11) is 3.12. The number of halogens is 3. The number of hydrogen-bond donors (Lipinski definition) is 1. The molecule has 2 rings (SSSR count). The van der Waals surface area contributed by atoms with Gasteiger partial charge in [-0.05, 0) is 18.2 Å².